The van der Waals surface area contributed by atoms with Gasteiger partial charge in [-0.3, -0.25) is 0 Å². The van der Waals surface area contributed by atoms with Crippen molar-refractivity contribution in [1.29, 1.82) is 0 Å². The van der Waals surface area contributed by atoms with E-state index in [4.69, 9.17) is 0 Å². The zero-order chi connectivity index (χ0) is 17.9. The molecule has 0 unspecified atom stereocenters. The van der Waals surface area contributed by atoms with Gasteiger partial charge in [-0.05, 0) is 50.2 Å². The molecule has 128 valence electrons. The van der Waals surface area contributed by atoms with Crippen molar-refractivity contribution in [3.05, 3.63) is 47.5 Å². The highest BCUT2D eigenvalue weighted by atomic mass is 19.4. The summed E-state index contributed by atoms with van der Waals surface area (Å²) in [7, 11) is 0. The summed E-state index contributed by atoms with van der Waals surface area (Å²) in [6, 6.07) is 6.23. The Labute approximate surface area is 133 Å². The van der Waals surface area contributed by atoms with Gasteiger partial charge in [0.05, 0.1) is 11.1 Å². The molecule has 0 aliphatic rings. The van der Waals surface area contributed by atoms with Crippen LogP contribution in [0.15, 0.2) is 36.4 Å². The average Bonchev–Trinajstić information content (AvgIpc) is 2.78. The number of nitrogens with zero attached hydrogens (tertiary/aromatic N) is 1. The molecular formula is C17H13F6N. The number of aromatic nitrogens is 1. The lowest BCUT2D eigenvalue weighted by Crippen LogP contribution is -2.05. The van der Waals surface area contributed by atoms with E-state index in [1.54, 1.807) is 4.57 Å². The highest BCUT2D eigenvalue weighted by Crippen LogP contribution is 2.39. The van der Waals surface area contributed by atoms with Gasteiger partial charge in [-0.25, -0.2) is 0 Å². The fourth-order valence-corrected chi connectivity index (χ4v) is 2.96. The zero-order valence-electron chi connectivity index (χ0n) is 12.8. The molecule has 0 saturated carbocycles. The van der Waals surface area contributed by atoms with Crippen LogP contribution in [0.3, 0.4) is 0 Å². The molecule has 0 radical (unpaired) electrons. The lowest BCUT2D eigenvalue weighted by atomic mass is 10.1. The van der Waals surface area contributed by atoms with Crippen LogP contribution < -0.4 is 0 Å². The van der Waals surface area contributed by atoms with E-state index in [-0.39, 0.29) is 16.8 Å². The van der Waals surface area contributed by atoms with Gasteiger partial charge in [0.1, 0.15) is 0 Å². The van der Waals surface area contributed by atoms with Crippen molar-refractivity contribution in [2.24, 2.45) is 0 Å². The average molecular weight is 345 g/mol. The Balaban J connectivity index is 2.43. The molecule has 1 heterocycles. The minimum Gasteiger partial charge on any atom is -0.338 e. The topological polar surface area (TPSA) is 4.93 Å². The SMILES string of the molecule is CC(C)n1c2ccc(C(F)(F)F)cc2c2cc(C(F)(F)F)ccc21. The molecule has 1 nitrogen and oxygen atoms in total. The fraction of sp³-hybridized carbons (Fsp3) is 0.294. The summed E-state index contributed by atoms with van der Waals surface area (Å²) in [5.74, 6) is 0. The van der Waals surface area contributed by atoms with E-state index in [1.807, 2.05) is 13.8 Å². The van der Waals surface area contributed by atoms with Crippen molar-refractivity contribution >= 4 is 21.8 Å². The molecule has 0 aliphatic heterocycles. The van der Waals surface area contributed by atoms with E-state index in [2.05, 4.69) is 0 Å². The van der Waals surface area contributed by atoms with Gasteiger partial charge in [-0.1, -0.05) is 0 Å². The minimum absolute atomic E-state index is 0.113. The first kappa shape index (κ1) is 16.7. The van der Waals surface area contributed by atoms with E-state index in [9.17, 15) is 26.3 Å². The van der Waals surface area contributed by atoms with Gasteiger partial charge in [-0.2, -0.15) is 26.3 Å². The first-order valence-corrected chi connectivity index (χ1v) is 7.22. The van der Waals surface area contributed by atoms with Gasteiger partial charge in [-0.15, -0.1) is 0 Å². The third-order valence-corrected chi connectivity index (χ3v) is 3.97. The molecule has 0 bridgehead atoms. The number of hydrogen-bond donors (Lipinski definition) is 0. The summed E-state index contributed by atoms with van der Waals surface area (Å²) in [4.78, 5) is 0. The number of fused-ring (bicyclic) bond motifs is 3. The molecule has 7 heteroatoms. The van der Waals surface area contributed by atoms with E-state index in [0.717, 1.165) is 24.3 Å². The third-order valence-electron chi connectivity index (χ3n) is 3.97. The number of alkyl halides is 6. The third kappa shape index (κ3) is 2.61. The maximum absolute atomic E-state index is 13.0. The molecule has 0 spiro atoms. The summed E-state index contributed by atoms with van der Waals surface area (Å²) in [5, 5.41) is 0.333. The van der Waals surface area contributed by atoms with Crippen LogP contribution >= 0.6 is 0 Å². The standard InChI is InChI=1S/C17H13F6N/c1-9(2)24-14-5-3-10(16(18,19)20)7-12(14)13-8-11(17(21,22)23)4-6-15(13)24/h3-9H,1-2H3. The largest absolute Gasteiger partial charge is 0.416 e. The predicted octanol–water partition coefficient (Wildman–Crippen LogP) is 6.41. The minimum atomic E-state index is -4.55. The van der Waals surface area contributed by atoms with Crippen LogP contribution in [0.5, 0.6) is 0 Å². The van der Waals surface area contributed by atoms with Crippen molar-refractivity contribution < 1.29 is 26.3 Å². The second-order valence-corrected chi connectivity index (χ2v) is 5.92. The number of benzene rings is 2. The lowest BCUT2D eigenvalue weighted by Gasteiger charge is -2.12. The Hall–Kier alpha value is -2.18. The quantitative estimate of drug-likeness (QED) is 0.449. The van der Waals surface area contributed by atoms with E-state index >= 15 is 0 Å². The van der Waals surface area contributed by atoms with Crippen LogP contribution in [0.2, 0.25) is 0 Å². The smallest absolute Gasteiger partial charge is 0.338 e. The Morgan fingerprint density at radius 1 is 0.708 bits per heavy atom. The van der Waals surface area contributed by atoms with Crippen LogP contribution in [0.1, 0.15) is 31.0 Å². The second-order valence-electron chi connectivity index (χ2n) is 5.92. The highest BCUT2D eigenvalue weighted by molar-refractivity contribution is 6.08. The van der Waals surface area contributed by atoms with Crippen LogP contribution in [0.25, 0.3) is 21.8 Å². The maximum atomic E-state index is 13.0. The zero-order valence-corrected chi connectivity index (χ0v) is 12.8. The molecule has 0 N–H and O–H groups in total. The van der Waals surface area contributed by atoms with Gasteiger partial charge < -0.3 is 4.57 Å². The first-order chi connectivity index (χ1) is 11.0. The highest BCUT2D eigenvalue weighted by Gasteiger charge is 2.33. The summed E-state index contributed by atoms with van der Waals surface area (Å²) < 4.78 is 79.5. The van der Waals surface area contributed by atoms with Crippen LogP contribution in [0.4, 0.5) is 26.3 Å². The van der Waals surface area contributed by atoms with E-state index in [1.165, 1.54) is 12.1 Å². The molecule has 0 saturated heterocycles. The van der Waals surface area contributed by atoms with Gasteiger partial charge in [0, 0.05) is 27.8 Å². The van der Waals surface area contributed by atoms with Crippen molar-refractivity contribution in [3.63, 3.8) is 0 Å². The Morgan fingerprint density at radius 3 is 1.38 bits per heavy atom. The van der Waals surface area contributed by atoms with Gasteiger partial charge in [0.2, 0.25) is 0 Å². The summed E-state index contributed by atoms with van der Waals surface area (Å²) in [6.07, 6.45) is -9.11. The molecule has 0 amide bonds. The molecule has 0 aliphatic carbocycles. The molecular weight excluding hydrogens is 332 g/mol. The maximum Gasteiger partial charge on any atom is 0.416 e. The predicted molar refractivity (Wildman–Crippen MR) is 79.8 cm³/mol. The van der Waals surface area contributed by atoms with Crippen LogP contribution in [-0.4, -0.2) is 4.57 Å². The van der Waals surface area contributed by atoms with Crippen molar-refractivity contribution in [2.75, 3.05) is 0 Å². The molecule has 2 aromatic carbocycles. The number of hydrogen-bond acceptors (Lipinski definition) is 0. The van der Waals surface area contributed by atoms with Crippen molar-refractivity contribution in [1.82, 2.24) is 4.57 Å². The summed E-state index contributed by atoms with van der Waals surface area (Å²) in [5.41, 5.74) is -0.801. The normalized spacial score (nSPS) is 13.4. The van der Waals surface area contributed by atoms with Crippen molar-refractivity contribution in [2.45, 2.75) is 32.2 Å². The van der Waals surface area contributed by atoms with E-state index < -0.39 is 23.5 Å². The molecule has 3 rings (SSSR count). The molecule has 24 heavy (non-hydrogen) atoms. The van der Waals surface area contributed by atoms with Gasteiger partial charge >= 0.3 is 12.4 Å². The van der Waals surface area contributed by atoms with Crippen LogP contribution in [0, 0.1) is 0 Å². The van der Waals surface area contributed by atoms with Gasteiger partial charge in [0.15, 0.2) is 0 Å². The molecule has 0 atom stereocenters. The molecule has 3 aromatic rings. The monoisotopic (exact) mass is 345 g/mol. The van der Waals surface area contributed by atoms with E-state index in [0.29, 0.717) is 11.0 Å². The summed E-state index contributed by atoms with van der Waals surface area (Å²) in [6.45, 7) is 3.66. The summed E-state index contributed by atoms with van der Waals surface area (Å²) >= 11 is 0. The van der Waals surface area contributed by atoms with Crippen molar-refractivity contribution in [3.8, 4) is 0 Å². The number of rotatable bonds is 1. The molecule has 1 aromatic heterocycles. The van der Waals surface area contributed by atoms with Gasteiger partial charge in [0.25, 0.3) is 0 Å². The Bertz CT molecular complexity index is 843. The number of halogens is 6. The second kappa shape index (κ2) is 5.16. The Morgan fingerprint density at radius 2 is 1.08 bits per heavy atom. The lowest BCUT2D eigenvalue weighted by molar-refractivity contribution is -0.138. The fourth-order valence-electron chi connectivity index (χ4n) is 2.96. The Kier molecular flexibility index (Phi) is 3.58. The molecule has 0 fully saturated rings. The first-order valence-electron chi connectivity index (χ1n) is 7.22. The van der Waals surface area contributed by atoms with Crippen LogP contribution in [-0.2, 0) is 12.4 Å².